The van der Waals surface area contributed by atoms with Crippen LogP contribution in [0.5, 0.6) is 0 Å². The van der Waals surface area contributed by atoms with Crippen molar-refractivity contribution in [2.24, 2.45) is 0 Å². The zero-order chi connectivity index (χ0) is 15.9. The van der Waals surface area contributed by atoms with E-state index in [-0.39, 0.29) is 6.07 Å². The lowest BCUT2D eigenvalue weighted by atomic mass is 9.87. The molecule has 0 amide bonds. The molecule has 0 saturated carbocycles. The molecule has 0 aliphatic heterocycles. The largest absolute Gasteiger partial charge is 0.237 e. The Hall–Kier alpha value is -2.74. The molecule has 1 aliphatic carbocycles. The number of hydrogen-bond donors (Lipinski definition) is 0. The Morgan fingerprint density at radius 2 is 1.52 bits per heavy atom. The van der Waals surface area contributed by atoms with Crippen LogP contribution in [0.2, 0.25) is 0 Å². The second kappa shape index (κ2) is 4.98. The Kier molecular flexibility index (Phi) is 3.48. The third kappa shape index (κ3) is 1.96. The normalized spacial score (nSPS) is 17.1. The van der Waals surface area contributed by atoms with Crippen molar-refractivity contribution in [2.75, 3.05) is 0 Å². The molecule has 1 unspecified atom stereocenters. The minimum Gasteiger partial charge on any atom is -0.237 e. The molecule has 1 aliphatic rings. The zero-order valence-electron chi connectivity index (χ0n) is 9.82. The number of nitrogens with zero attached hydrogens (tertiary/aromatic N) is 2. The molecule has 0 fully saturated rings. The Morgan fingerprint density at radius 1 is 0.952 bits per heavy atom. The summed E-state index contributed by atoms with van der Waals surface area (Å²) in [5, 5.41) is 17.2. The summed E-state index contributed by atoms with van der Waals surface area (Å²) in [5.74, 6) is -9.44. The Balaban J connectivity index is 2.97. The summed E-state index contributed by atoms with van der Waals surface area (Å²) in [4.78, 5) is 0. The first-order valence-corrected chi connectivity index (χ1v) is 5.27. The van der Waals surface area contributed by atoms with Gasteiger partial charge in [-0.3, -0.25) is 0 Å². The standard InChI is InChI=1S/C13H2F6N2/c14-5-1-6(15)10(16)9-8(5)13(19)12(18)7(11(9)17)4(2-20)3-21/h1,11H. The van der Waals surface area contributed by atoms with Crippen LogP contribution in [-0.4, -0.2) is 0 Å². The fourth-order valence-corrected chi connectivity index (χ4v) is 1.94. The molecule has 0 saturated heterocycles. The van der Waals surface area contributed by atoms with E-state index in [2.05, 4.69) is 0 Å². The van der Waals surface area contributed by atoms with Gasteiger partial charge in [-0.25, -0.2) is 26.3 Å². The van der Waals surface area contributed by atoms with Crippen LogP contribution in [0.4, 0.5) is 26.3 Å². The van der Waals surface area contributed by atoms with Crippen molar-refractivity contribution >= 4 is 5.83 Å². The van der Waals surface area contributed by atoms with E-state index in [4.69, 9.17) is 10.5 Å². The molecular formula is C13H2F6N2. The SMILES string of the molecule is N#CC(C#N)=C1C(F)=C(F)c2c(F)cc(F)c(F)c2C1F. The van der Waals surface area contributed by atoms with Crippen LogP contribution in [0, 0.1) is 40.1 Å². The first kappa shape index (κ1) is 14.7. The highest BCUT2D eigenvalue weighted by Crippen LogP contribution is 2.47. The lowest BCUT2D eigenvalue weighted by molar-refractivity contribution is 0.353. The molecule has 1 atom stereocenters. The van der Waals surface area contributed by atoms with Crippen LogP contribution in [0.25, 0.3) is 5.83 Å². The second-order valence-electron chi connectivity index (χ2n) is 3.95. The van der Waals surface area contributed by atoms with E-state index in [0.29, 0.717) is 0 Å². The van der Waals surface area contributed by atoms with Crippen LogP contribution < -0.4 is 0 Å². The lowest BCUT2D eigenvalue weighted by Crippen LogP contribution is -2.15. The van der Waals surface area contributed by atoms with Gasteiger partial charge in [-0.2, -0.15) is 10.5 Å². The van der Waals surface area contributed by atoms with E-state index in [9.17, 15) is 26.3 Å². The third-order valence-electron chi connectivity index (χ3n) is 2.86. The van der Waals surface area contributed by atoms with Gasteiger partial charge in [0.2, 0.25) is 0 Å². The van der Waals surface area contributed by atoms with Crippen LogP contribution in [-0.2, 0) is 0 Å². The van der Waals surface area contributed by atoms with E-state index < -0.39 is 57.6 Å². The van der Waals surface area contributed by atoms with Crippen molar-refractivity contribution in [1.82, 2.24) is 0 Å². The number of nitriles is 2. The van der Waals surface area contributed by atoms with Crippen molar-refractivity contribution in [3.8, 4) is 12.1 Å². The summed E-state index contributed by atoms with van der Waals surface area (Å²) in [6.45, 7) is 0. The van der Waals surface area contributed by atoms with Gasteiger partial charge >= 0.3 is 0 Å². The topological polar surface area (TPSA) is 47.6 Å². The average Bonchev–Trinajstić information content (AvgIpc) is 2.44. The van der Waals surface area contributed by atoms with E-state index in [1.807, 2.05) is 0 Å². The molecule has 8 heteroatoms. The number of allylic oxidation sites excluding steroid dienone is 3. The number of halogens is 6. The first-order valence-electron chi connectivity index (χ1n) is 5.27. The van der Waals surface area contributed by atoms with Gasteiger partial charge in [0.25, 0.3) is 0 Å². The highest BCUT2D eigenvalue weighted by molar-refractivity contribution is 5.75. The number of benzene rings is 1. The van der Waals surface area contributed by atoms with Gasteiger partial charge in [-0.05, 0) is 0 Å². The van der Waals surface area contributed by atoms with Crippen molar-refractivity contribution in [2.45, 2.75) is 6.17 Å². The summed E-state index contributed by atoms with van der Waals surface area (Å²) >= 11 is 0. The maximum absolute atomic E-state index is 14.1. The molecule has 2 nitrogen and oxygen atoms in total. The molecule has 0 spiro atoms. The van der Waals surface area contributed by atoms with Gasteiger partial charge in [0.1, 0.15) is 23.5 Å². The Bertz CT molecular complexity index is 778. The average molecular weight is 300 g/mol. The lowest BCUT2D eigenvalue weighted by Gasteiger charge is -2.22. The summed E-state index contributed by atoms with van der Waals surface area (Å²) in [7, 11) is 0. The molecule has 0 bridgehead atoms. The molecule has 0 heterocycles. The molecule has 0 radical (unpaired) electrons. The molecule has 0 N–H and O–H groups in total. The van der Waals surface area contributed by atoms with Gasteiger partial charge in [0.05, 0.1) is 11.1 Å². The molecule has 1 aromatic carbocycles. The maximum Gasteiger partial charge on any atom is 0.169 e. The van der Waals surface area contributed by atoms with E-state index in [0.717, 1.165) is 12.1 Å². The van der Waals surface area contributed by atoms with Crippen LogP contribution in [0.3, 0.4) is 0 Å². The number of alkyl halides is 1. The number of fused-ring (bicyclic) bond motifs is 1. The molecule has 106 valence electrons. The van der Waals surface area contributed by atoms with Crippen LogP contribution in [0.1, 0.15) is 17.3 Å². The molecule has 2 rings (SSSR count). The summed E-state index contributed by atoms with van der Waals surface area (Å²) in [6.07, 6.45) is -2.89. The quantitative estimate of drug-likeness (QED) is 0.412. The maximum atomic E-state index is 14.1. The van der Waals surface area contributed by atoms with Crippen molar-refractivity contribution in [3.05, 3.63) is 51.6 Å². The van der Waals surface area contributed by atoms with Gasteiger partial charge in [0.15, 0.2) is 29.5 Å². The number of hydrogen-bond acceptors (Lipinski definition) is 2. The van der Waals surface area contributed by atoms with Crippen molar-refractivity contribution in [3.63, 3.8) is 0 Å². The van der Waals surface area contributed by atoms with Crippen molar-refractivity contribution in [1.29, 1.82) is 10.5 Å². The summed E-state index contributed by atoms with van der Waals surface area (Å²) < 4.78 is 81.7. The minimum absolute atomic E-state index is 0.0576. The molecular weight excluding hydrogens is 298 g/mol. The summed E-state index contributed by atoms with van der Waals surface area (Å²) in [6, 6.07) is 2.16. The zero-order valence-corrected chi connectivity index (χ0v) is 9.82. The third-order valence-corrected chi connectivity index (χ3v) is 2.86. The predicted octanol–water partition coefficient (Wildman–Crippen LogP) is 4.08. The fourth-order valence-electron chi connectivity index (χ4n) is 1.94. The fraction of sp³-hybridized carbons (Fsp3) is 0.0769. The van der Waals surface area contributed by atoms with Crippen LogP contribution >= 0.6 is 0 Å². The second-order valence-corrected chi connectivity index (χ2v) is 3.95. The molecule has 21 heavy (non-hydrogen) atoms. The highest BCUT2D eigenvalue weighted by atomic mass is 19.2. The smallest absolute Gasteiger partial charge is 0.169 e. The van der Waals surface area contributed by atoms with Crippen molar-refractivity contribution < 1.29 is 26.3 Å². The predicted molar refractivity (Wildman–Crippen MR) is 57.6 cm³/mol. The van der Waals surface area contributed by atoms with E-state index in [1.54, 1.807) is 0 Å². The van der Waals surface area contributed by atoms with E-state index in [1.165, 1.54) is 0 Å². The highest BCUT2D eigenvalue weighted by Gasteiger charge is 2.40. The first-order chi connectivity index (χ1) is 9.84. The molecule has 1 aromatic rings. The van der Waals surface area contributed by atoms with Gasteiger partial charge < -0.3 is 0 Å². The number of rotatable bonds is 0. The minimum atomic E-state index is -2.89. The summed E-state index contributed by atoms with van der Waals surface area (Å²) in [5.41, 5.74) is -5.39. The molecule has 0 aromatic heterocycles. The van der Waals surface area contributed by atoms with Crippen LogP contribution in [0.15, 0.2) is 23.0 Å². The van der Waals surface area contributed by atoms with Gasteiger partial charge in [0, 0.05) is 11.6 Å². The van der Waals surface area contributed by atoms with Gasteiger partial charge in [-0.15, -0.1) is 0 Å². The Morgan fingerprint density at radius 3 is 2.05 bits per heavy atom. The Labute approximate surface area is 113 Å². The van der Waals surface area contributed by atoms with E-state index >= 15 is 0 Å². The monoisotopic (exact) mass is 300 g/mol. The van der Waals surface area contributed by atoms with Gasteiger partial charge in [-0.1, -0.05) is 0 Å².